The number of fused-ring (bicyclic) bond motifs is 1. The first-order chi connectivity index (χ1) is 9.93. The van der Waals surface area contributed by atoms with Crippen LogP contribution in [-0.2, 0) is 9.84 Å². The first-order valence-corrected chi connectivity index (χ1v) is 8.83. The minimum absolute atomic E-state index is 0.0329. The lowest BCUT2D eigenvalue weighted by Gasteiger charge is -2.08. The molecule has 1 aromatic heterocycles. The van der Waals surface area contributed by atoms with Crippen molar-refractivity contribution in [1.29, 1.82) is 0 Å². The van der Waals surface area contributed by atoms with Gasteiger partial charge in [-0.05, 0) is 37.0 Å². The van der Waals surface area contributed by atoms with Crippen molar-refractivity contribution in [1.82, 2.24) is 10.3 Å². The number of H-pyrrole nitrogens is 1. The van der Waals surface area contributed by atoms with Crippen LogP contribution in [-0.4, -0.2) is 37.4 Å². The van der Waals surface area contributed by atoms with Crippen molar-refractivity contribution < 1.29 is 13.2 Å². The van der Waals surface area contributed by atoms with Gasteiger partial charge in [-0.2, -0.15) is 0 Å². The lowest BCUT2D eigenvalue weighted by atomic mass is 10.1. The average molecular weight is 306 g/mol. The minimum atomic E-state index is -2.89. The maximum Gasteiger partial charge on any atom is 0.267 e. The Bertz CT molecular complexity index is 792. The van der Waals surface area contributed by atoms with Crippen molar-refractivity contribution in [3.63, 3.8) is 0 Å². The summed E-state index contributed by atoms with van der Waals surface area (Å²) in [7, 11) is -2.89. The zero-order valence-electron chi connectivity index (χ0n) is 11.8. The largest absolute Gasteiger partial charge is 0.351 e. The summed E-state index contributed by atoms with van der Waals surface area (Å²) < 4.78 is 22.8. The molecule has 6 heteroatoms. The lowest BCUT2D eigenvalue weighted by Crippen LogP contribution is -2.30. The summed E-state index contributed by atoms with van der Waals surface area (Å²) in [5.74, 6) is 0.261. The molecule has 112 valence electrons. The molecule has 1 amide bonds. The Labute approximate surface area is 123 Å². The molecule has 2 N–H and O–H groups in total. The number of carbonyl (C=O) groups is 1. The van der Waals surface area contributed by atoms with Crippen LogP contribution in [0.2, 0.25) is 0 Å². The van der Waals surface area contributed by atoms with Crippen LogP contribution in [0.4, 0.5) is 0 Å². The Hall–Kier alpha value is -1.82. The minimum Gasteiger partial charge on any atom is -0.351 e. The van der Waals surface area contributed by atoms with Crippen LogP contribution in [0.25, 0.3) is 10.9 Å². The predicted octanol–water partition coefficient (Wildman–Crippen LogP) is 1.64. The van der Waals surface area contributed by atoms with E-state index < -0.39 is 9.84 Å². The van der Waals surface area contributed by atoms with Gasteiger partial charge in [0.15, 0.2) is 9.84 Å². The van der Waals surface area contributed by atoms with Crippen LogP contribution in [0, 0.1) is 12.8 Å². The molecule has 2 heterocycles. The summed E-state index contributed by atoms with van der Waals surface area (Å²) in [4.78, 5) is 15.2. The van der Waals surface area contributed by atoms with Gasteiger partial charge in [0.25, 0.3) is 5.91 Å². The fourth-order valence-electron chi connectivity index (χ4n) is 2.73. The number of hydrogen-bond donors (Lipinski definition) is 2. The van der Waals surface area contributed by atoms with Crippen molar-refractivity contribution >= 4 is 26.6 Å². The SMILES string of the molecule is Cc1ccc2cc(C(=O)NCC3CCS(=O)(=O)C3)[nH]c2c1. The molecule has 0 radical (unpaired) electrons. The van der Waals surface area contributed by atoms with Gasteiger partial charge < -0.3 is 10.3 Å². The summed E-state index contributed by atoms with van der Waals surface area (Å²) in [6.45, 7) is 2.41. The highest BCUT2D eigenvalue weighted by molar-refractivity contribution is 7.91. The summed E-state index contributed by atoms with van der Waals surface area (Å²) in [6, 6.07) is 7.79. The summed E-state index contributed by atoms with van der Waals surface area (Å²) in [5, 5.41) is 3.81. The van der Waals surface area contributed by atoms with Crippen LogP contribution < -0.4 is 5.32 Å². The van der Waals surface area contributed by atoms with Crippen molar-refractivity contribution in [2.75, 3.05) is 18.1 Å². The topological polar surface area (TPSA) is 79.0 Å². The van der Waals surface area contributed by atoms with Gasteiger partial charge in [-0.15, -0.1) is 0 Å². The lowest BCUT2D eigenvalue weighted by molar-refractivity contribution is 0.0944. The number of hydrogen-bond acceptors (Lipinski definition) is 3. The number of carbonyl (C=O) groups excluding carboxylic acids is 1. The van der Waals surface area contributed by atoms with Crippen LogP contribution in [0.1, 0.15) is 22.5 Å². The molecule has 1 fully saturated rings. The van der Waals surface area contributed by atoms with E-state index in [9.17, 15) is 13.2 Å². The van der Waals surface area contributed by atoms with E-state index in [4.69, 9.17) is 0 Å². The van der Waals surface area contributed by atoms with Crippen molar-refractivity contribution in [2.24, 2.45) is 5.92 Å². The van der Waals surface area contributed by atoms with Crippen molar-refractivity contribution in [3.8, 4) is 0 Å². The number of aryl methyl sites for hydroxylation is 1. The molecule has 0 saturated carbocycles. The van der Waals surface area contributed by atoms with Gasteiger partial charge in [0.2, 0.25) is 0 Å². The zero-order chi connectivity index (χ0) is 15.0. The summed E-state index contributed by atoms with van der Waals surface area (Å²) in [5.41, 5.74) is 2.58. The van der Waals surface area contributed by atoms with Crippen LogP contribution in [0.5, 0.6) is 0 Å². The molecular weight excluding hydrogens is 288 g/mol. The highest BCUT2D eigenvalue weighted by atomic mass is 32.2. The number of sulfone groups is 1. The highest BCUT2D eigenvalue weighted by Gasteiger charge is 2.28. The summed E-state index contributed by atoms with van der Waals surface area (Å²) in [6.07, 6.45) is 0.633. The molecule has 3 rings (SSSR count). The number of rotatable bonds is 3. The fourth-order valence-corrected chi connectivity index (χ4v) is 4.59. The molecule has 5 nitrogen and oxygen atoms in total. The first-order valence-electron chi connectivity index (χ1n) is 7.01. The normalized spacial score (nSPS) is 20.7. The molecule has 1 unspecified atom stereocenters. The Balaban J connectivity index is 1.67. The van der Waals surface area contributed by atoms with Crippen LogP contribution in [0.3, 0.4) is 0 Å². The Morgan fingerprint density at radius 2 is 2.19 bits per heavy atom. The Morgan fingerprint density at radius 1 is 1.38 bits per heavy atom. The number of aromatic nitrogens is 1. The first kappa shape index (κ1) is 14.1. The van der Waals surface area contributed by atoms with E-state index in [2.05, 4.69) is 10.3 Å². The van der Waals surface area contributed by atoms with E-state index >= 15 is 0 Å². The van der Waals surface area contributed by atoms with Gasteiger partial charge in [-0.25, -0.2) is 8.42 Å². The highest BCUT2D eigenvalue weighted by Crippen LogP contribution is 2.19. The Morgan fingerprint density at radius 3 is 2.90 bits per heavy atom. The van der Waals surface area contributed by atoms with E-state index in [1.165, 1.54) is 0 Å². The third-order valence-corrected chi connectivity index (χ3v) is 5.74. The predicted molar refractivity (Wildman–Crippen MR) is 82.1 cm³/mol. The molecule has 2 aromatic rings. The molecule has 0 aliphatic carbocycles. The Kier molecular flexibility index (Phi) is 3.49. The molecule has 1 aromatic carbocycles. The number of nitrogens with one attached hydrogen (secondary N) is 2. The van der Waals surface area contributed by atoms with E-state index in [-0.39, 0.29) is 23.3 Å². The molecule has 1 aliphatic heterocycles. The molecule has 1 saturated heterocycles. The average Bonchev–Trinajstić information content (AvgIpc) is 2.98. The summed E-state index contributed by atoms with van der Waals surface area (Å²) >= 11 is 0. The van der Waals surface area contributed by atoms with Crippen LogP contribution >= 0.6 is 0 Å². The molecular formula is C15H18N2O3S. The zero-order valence-corrected chi connectivity index (χ0v) is 12.7. The smallest absolute Gasteiger partial charge is 0.267 e. The maximum atomic E-state index is 12.1. The molecule has 0 spiro atoms. The van der Waals surface area contributed by atoms with Crippen LogP contribution in [0.15, 0.2) is 24.3 Å². The standard InChI is InChI=1S/C15H18N2O3S/c1-10-2-3-12-7-14(17-13(12)6-10)15(18)16-8-11-4-5-21(19,20)9-11/h2-3,6-7,11,17H,4-5,8-9H2,1H3,(H,16,18). The number of aromatic amines is 1. The van der Waals surface area contributed by atoms with E-state index in [1.54, 1.807) is 0 Å². The second-order valence-electron chi connectivity index (χ2n) is 5.75. The van der Waals surface area contributed by atoms with E-state index in [1.807, 2.05) is 31.2 Å². The van der Waals surface area contributed by atoms with Gasteiger partial charge in [0.1, 0.15) is 5.69 Å². The quantitative estimate of drug-likeness (QED) is 0.905. The van der Waals surface area contributed by atoms with Gasteiger partial charge in [-0.1, -0.05) is 12.1 Å². The monoisotopic (exact) mass is 306 g/mol. The number of benzene rings is 1. The van der Waals surface area contributed by atoms with Crippen molar-refractivity contribution in [2.45, 2.75) is 13.3 Å². The number of amides is 1. The van der Waals surface area contributed by atoms with Gasteiger partial charge >= 0.3 is 0 Å². The second-order valence-corrected chi connectivity index (χ2v) is 7.98. The van der Waals surface area contributed by atoms with Gasteiger partial charge in [-0.3, -0.25) is 4.79 Å². The van der Waals surface area contributed by atoms with Crippen molar-refractivity contribution in [3.05, 3.63) is 35.5 Å². The third-order valence-electron chi connectivity index (χ3n) is 3.90. The van der Waals surface area contributed by atoms with E-state index in [0.29, 0.717) is 18.7 Å². The second kappa shape index (κ2) is 5.18. The third kappa shape index (κ3) is 3.10. The molecule has 1 atom stereocenters. The fraction of sp³-hybridized carbons (Fsp3) is 0.400. The van der Waals surface area contributed by atoms with Gasteiger partial charge in [0, 0.05) is 17.4 Å². The molecule has 21 heavy (non-hydrogen) atoms. The van der Waals surface area contributed by atoms with E-state index in [0.717, 1.165) is 16.5 Å². The van der Waals surface area contributed by atoms with Gasteiger partial charge in [0.05, 0.1) is 11.5 Å². The molecule has 1 aliphatic rings. The maximum absolute atomic E-state index is 12.1. The molecule has 0 bridgehead atoms.